The number of hydrogen-bond acceptors (Lipinski definition) is 8. The fourth-order valence-corrected chi connectivity index (χ4v) is 4.42. The van der Waals surface area contributed by atoms with Crippen molar-refractivity contribution in [2.24, 2.45) is 5.92 Å². The molecule has 198 valence electrons. The number of nitrogens with one attached hydrogen (secondary N) is 1. The van der Waals surface area contributed by atoms with E-state index in [1.165, 1.54) is 11.7 Å². The molecule has 2 aliphatic rings. The second-order valence-electron chi connectivity index (χ2n) is 8.57. The lowest BCUT2D eigenvalue weighted by molar-refractivity contribution is -0.428. The van der Waals surface area contributed by atoms with E-state index < -0.39 is 23.8 Å². The molecule has 0 fully saturated rings. The molecular weight excluding hydrogens is 526 g/mol. The Morgan fingerprint density at radius 2 is 1.92 bits per heavy atom. The van der Waals surface area contributed by atoms with E-state index in [-0.39, 0.29) is 19.0 Å². The highest BCUT2D eigenvalue weighted by atomic mass is 35.5. The molecule has 0 radical (unpaired) electrons. The zero-order valence-electron chi connectivity index (χ0n) is 21.0. The number of carbonyl (C=O) groups excluding carboxylic acids is 3. The van der Waals surface area contributed by atoms with Crippen molar-refractivity contribution in [2.45, 2.75) is 6.54 Å². The monoisotopic (exact) mass is 548 g/mol. The number of allylic oxidation sites excluding steroid dienone is 3. The van der Waals surface area contributed by atoms with Crippen molar-refractivity contribution in [1.82, 2.24) is 15.0 Å². The van der Waals surface area contributed by atoms with Crippen LogP contribution >= 0.6 is 11.6 Å². The zero-order valence-corrected chi connectivity index (χ0v) is 21.7. The number of carbonyl (C=O) groups is 3. The summed E-state index contributed by atoms with van der Waals surface area (Å²) in [6, 6.07) is 11.1. The highest BCUT2D eigenvalue weighted by Gasteiger charge is 2.48. The van der Waals surface area contributed by atoms with Gasteiger partial charge in [-0.15, -0.1) is 4.90 Å². The molecule has 0 saturated carbocycles. The molecule has 1 aromatic heterocycles. The van der Waals surface area contributed by atoms with Crippen LogP contribution in [0.1, 0.15) is 5.89 Å². The number of benzene rings is 2. The van der Waals surface area contributed by atoms with Gasteiger partial charge in [-0.3, -0.25) is 4.79 Å². The third-order valence-corrected chi connectivity index (χ3v) is 6.39. The molecule has 1 aliphatic carbocycles. The van der Waals surface area contributed by atoms with Crippen molar-refractivity contribution in [3.8, 4) is 22.9 Å². The predicted octanol–water partition coefficient (Wildman–Crippen LogP) is 3.70. The minimum Gasteiger partial charge on any atom is -0.497 e. The number of anilines is 1. The molecule has 39 heavy (non-hydrogen) atoms. The largest absolute Gasteiger partial charge is 0.501 e. The summed E-state index contributed by atoms with van der Waals surface area (Å²) < 4.78 is 17.0. The molecule has 1 N–H and O–H groups in total. The molecule has 0 spiro atoms. The van der Waals surface area contributed by atoms with Crippen molar-refractivity contribution < 1.29 is 33.0 Å². The SMILES string of the molecule is COc1ccc(-c2noc(CN3C(=O)C4C=CC=CC4=[N+](CC(=O)Nc4cc(Cl)ccc4OC)C3=O)n2)cc1. The minimum atomic E-state index is -0.759. The molecule has 2 aromatic carbocycles. The van der Waals surface area contributed by atoms with E-state index in [4.69, 9.17) is 25.6 Å². The number of rotatable bonds is 8. The van der Waals surface area contributed by atoms with Crippen molar-refractivity contribution in [3.05, 3.63) is 77.7 Å². The quantitative estimate of drug-likeness (QED) is 0.422. The van der Waals surface area contributed by atoms with Gasteiger partial charge in [0.15, 0.2) is 13.1 Å². The Kier molecular flexibility index (Phi) is 7.24. The number of ether oxygens (including phenoxy) is 2. The fraction of sp³-hybridized carbons (Fsp3) is 0.185. The van der Waals surface area contributed by atoms with Gasteiger partial charge in [0.25, 0.3) is 11.8 Å². The first kappa shape index (κ1) is 25.9. The summed E-state index contributed by atoms with van der Waals surface area (Å²) in [7, 11) is 3.03. The zero-order chi connectivity index (χ0) is 27.5. The first-order chi connectivity index (χ1) is 18.9. The molecule has 12 heteroatoms. The van der Waals surface area contributed by atoms with Crippen LogP contribution in [-0.4, -0.2) is 63.9 Å². The van der Waals surface area contributed by atoms with Crippen LogP contribution in [0, 0.1) is 5.92 Å². The molecule has 3 aromatic rings. The lowest BCUT2D eigenvalue weighted by Gasteiger charge is -2.25. The number of fused-ring (bicyclic) bond motifs is 1. The van der Waals surface area contributed by atoms with E-state index in [1.807, 2.05) is 0 Å². The maximum atomic E-state index is 13.5. The van der Waals surface area contributed by atoms with Gasteiger partial charge < -0.3 is 19.3 Å². The van der Waals surface area contributed by atoms with Gasteiger partial charge in [-0.1, -0.05) is 35.0 Å². The number of methoxy groups -OCH3 is 2. The number of amides is 4. The molecule has 1 aliphatic heterocycles. The first-order valence-electron chi connectivity index (χ1n) is 11.8. The predicted molar refractivity (Wildman–Crippen MR) is 141 cm³/mol. The van der Waals surface area contributed by atoms with E-state index >= 15 is 0 Å². The van der Waals surface area contributed by atoms with Gasteiger partial charge in [-0.05, 0) is 48.5 Å². The van der Waals surface area contributed by atoms with Gasteiger partial charge in [-0.25, -0.2) is 4.79 Å². The van der Waals surface area contributed by atoms with E-state index in [0.717, 1.165) is 4.90 Å². The fourth-order valence-electron chi connectivity index (χ4n) is 4.24. The summed E-state index contributed by atoms with van der Waals surface area (Å²) in [5.41, 5.74) is 1.42. The van der Waals surface area contributed by atoms with Crippen molar-refractivity contribution in [2.75, 3.05) is 26.1 Å². The molecule has 0 saturated heterocycles. The topological polar surface area (TPSA) is 127 Å². The van der Waals surface area contributed by atoms with Gasteiger partial charge in [0.2, 0.25) is 5.82 Å². The summed E-state index contributed by atoms with van der Waals surface area (Å²) in [5.74, 6) is -0.292. The van der Waals surface area contributed by atoms with E-state index in [9.17, 15) is 14.4 Å². The smallest absolute Gasteiger partial charge is 0.497 e. The lowest BCUT2D eigenvalue weighted by Crippen LogP contribution is -2.55. The number of imide groups is 1. The molecule has 4 amide bonds. The van der Waals surface area contributed by atoms with Gasteiger partial charge in [0.05, 0.1) is 19.9 Å². The summed E-state index contributed by atoms with van der Waals surface area (Å²) in [4.78, 5) is 45.2. The second-order valence-corrected chi connectivity index (χ2v) is 9.01. The molecule has 2 heterocycles. The average Bonchev–Trinajstić information content (AvgIpc) is 3.42. The standard InChI is InChI=1S/C27H22ClN5O6/c1-37-18-10-7-16(8-11-18)25-30-24(39-31-25)15-33-26(35)19-5-3-4-6-21(19)32(27(33)36)14-23(34)29-20-13-17(28)9-12-22(20)38-2/h3-13,19H,14-15H2,1-2H3/p+1. The molecular formula is C27H23ClN5O6+. The van der Waals surface area contributed by atoms with Gasteiger partial charge >= 0.3 is 11.9 Å². The number of aromatic nitrogens is 2. The Morgan fingerprint density at radius 1 is 1.13 bits per heavy atom. The first-order valence-corrected chi connectivity index (χ1v) is 12.2. The van der Waals surface area contributed by atoms with Crippen molar-refractivity contribution in [3.63, 3.8) is 0 Å². The molecule has 1 unspecified atom stereocenters. The van der Waals surface area contributed by atoms with Crippen LogP contribution in [0.2, 0.25) is 5.02 Å². The maximum absolute atomic E-state index is 13.5. The summed E-state index contributed by atoms with van der Waals surface area (Å²) in [5, 5.41) is 7.09. The van der Waals surface area contributed by atoms with Gasteiger partial charge in [0, 0.05) is 10.6 Å². The number of halogens is 1. The summed E-state index contributed by atoms with van der Waals surface area (Å²) >= 11 is 6.07. The van der Waals surface area contributed by atoms with Gasteiger partial charge in [-0.2, -0.15) is 14.4 Å². The third kappa shape index (κ3) is 5.30. The van der Waals surface area contributed by atoms with Crippen LogP contribution in [0.4, 0.5) is 10.5 Å². The summed E-state index contributed by atoms with van der Waals surface area (Å²) in [6.45, 7) is -0.619. The Morgan fingerprint density at radius 3 is 2.67 bits per heavy atom. The van der Waals surface area contributed by atoms with Crippen molar-refractivity contribution >= 4 is 40.8 Å². The average molecular weight is 549 g/mol. The number of urea groups is 1. The maximum Gasteiger partial charge on any atom is 0.501 e. The Hall–Kier alpha value is -4.77. The van der Waals surface area contributed by atoms with Crippen LogP contribution in [0.25, 0.3) is 11.4 Å². The van der Waals surface area contributed by atoms with Crippen LogP contribution in [0.15, 0.2) is 71.3 Å². The van der Waals surface area contributed by atoms with Crippen LogP contribution < -0.4 is 14.8 Å². The second kappa shape index (κ2) is 10.9. The molecule has 1 atom stereocenters. The minimum absolute atomic E-state index is 0.0642. The van der Waals surface area contributed by atoms with E-state index in [1.54, 1.807) is 73.9 Å². The molecule has 5 rings (SSSR count). The number of nitrogens with zero attached hydrogens (tertiary/aromatic N) is 4. The third-order valence-electron chi connectivity index (χ3n) is 6.15. The van der Waals surface area contributed by atoms with Crippen LogP contribution in [-0.2, 0) is 16.1 Å². The Balaban J connectivity index is 1.38. The lowest BCUT2D eigenvalue weighted by atomic mass is 9.94. The highest BCUT2D eigenvalue weighted by Crippen LogP contribution is 2.28. The van der Waals surface area contributed by atoms with E-state index in [0.29, 0.717) is 39.3 Å². The Bertz CT molecular complexity index is 1540. The molecule has 0 bridgehead atoms. The van der Waals surface area contributed by atoms with Gasteiger partial charge in [0.1, 0.15) is 23.1 Å². The van der Waals surface area contributed by atoms with Crippen molar-refractivity contribution in [1.29, 1.82) is 0 Å². The summed E-state index contributed by atoms with van der Waals surface area (Å²) in [6.07, 6.45) is 6.72. The highest BCUT2D eigenvalue weighted by molar-refractivity contribution is 6.31. The molecule has 11 nitrogen and oxygen atoms in total. The normalized spacial score (nSPS) is 16.4. The van der Waals surface area contributed by atoms with E-state index in [2.05, 4.69) is 15.5 Å². The number of hydrogen-bond donors (Lipinski definition) is 1. The Labute approximate surface area is 228 Å². The van der Waals surface area contributed by atoms with Crippen LogP contribution in [0.3, 0.4) is 0 Å². The van der Waals surface area contributed by atoms with Crippen LogP contribution in [0.5, 0.6) is 11.5 Å².